The Morgan fingerprint density at radius 1 is 1.29 bits per heavy atom. The first-order valence-corrected chi connectivity index (χ1v) is 7.22. The van der Waals surface area contributed by atoms with Gasteiger partial charge in [-0.1, -0.05) is 41.4 Å². The van der Waals surface area contributed by atoms with Gasteiger partial charge in [-0.25, -0.2) is 4.68 Å². The number of aromatic nitrogens is 2. The molecule has 6 heteroatoms. The zero-order valence-electron chi connectivity index (χ0n) is 11.4. The van der Waals surface area contributed by atoms with Gasteiger partial charge in [-0.3, -0.25) is 4.79 Å². The van der Waals surface area contributed by atoms with Crippen molar-refractivity contribution in [2.24, 2.45) is 0 Å². The predicted molar refractivity (Wildman–Crippen MR) is 87.3 cm³/mol. The van der Waals surface area contributed by atoms with Gasteiger partial charge in [-0.05, 0) is 24.1 Å². The number of benzene rings is 1. The van der Waals surface area contributed by atoms with Crippen LogP contribution < -0.4 is 10.9 Å². The standard InChI is InChI=1S/C15H15Cl2N3O/c1-2-9-20-15(21)14(17)13(10-19-20)18-8-7-11-3-5-12(16)6-4-11/h2-6,10,18H,1,7-9H2. The Hall–Kier alpha value is -1.78. The lowest BCUT2D eigenvalue weighted by Gasteiger charge is -2.09. The normalized spacial score (nSPS) is 10.4. The van der Waals surface area contributed by atoms with E-state index >= 15 is 0 Å². The Balaban J connectivity index is 2.00. The van der Waals surface area contributed by atoms with Crippen LogP contribution in [0.2, 0.25) is 10.0 Å². The van der Waals surface area contributed by atoms with Crippen molar-refractivity contribution in [3.63, 3.8) is 0 Å². The van der Waals surface area contributed by atoms with Gasteiger partial charge in [0.25, 0.3) is 5.56 Å². The topological polar surface area (TPSA) is 46.9 Å². The predicted octanol–water partition coefficient (Wildman–Crippen LogP) is 3.39. The molecule has 0 amide bonds. The monoisotopic (exact) mass is 323 g/mol. The fraction of sp³-hybridized carbons (Fsp3) is 0.200. The molecule has 2 rings (SSSR count). The highest BCUT2D eigenvalue weighted by Gasteiger charge is 2.08. The number of nitrogens with zero attached hydrogens (tertiary/aromatic N) is 2. The summed E-state index contributed by atoms with van der Waals surface area (Å²) in [5, 5.41) is 8.01. The van der Waals surface area contributed by atoms with E-state index in [0.29, 0.717) is 23.8 Å². The van der Waals surface area contributed by atoms with Gasteiger partial charge >= 0.3 is 0 Å². The third kappa shape index (κ3) is 4.09. The zero-order valence-corrected chi connectivity index (χ0v) is 12.9. The Bertz CT molecular complexity index is 680. The van der Waals surface area contributed by atoms with Gasteiger partial charge < -0.3 is 5.32 Å². The molecule has 0 aliphatic carbocycles. The van der Waals surface area contributed by atoms with Gasteiger partial charge in [0.05, 0.1) is 18.4 Å². The number of hydrogen-bond acceptors (Lipinski definition) is 3. The van der Waals surface area contributed by atoms with E-state index in [0.717, 1.165) is 12.0 Å². The molecule has 0 bridgehead atoms. The molecular weight excluding hydrogens is 309 g/mol. The molecule has 0 unspecified atom stereocenters. The van der Waals surface area contributed by atoms with Crippen molar-refractivity contribution in [1.29, 1.82) is 0 Å². The molecule has 110 valence electrons. The summed E-state index contributed by atoms with van der Waals surface area (Å²) < 4.78 is 1.26. The number of allylic oxidation sites excluding steroid dienone is 1. The fourth-order valence-electron chi connectivity index (χ4n) is 1.83. The van der Waals surface area contributed by atoms with Crippen LogP contribution in [-0.4, -0.2) is 16.3 Å². The summed E-state index contributed by atoms with van der Waals surface area (Å²) in [5.74, 6) is 0. The van der Waals surface area contributed by atoms with Gasteiger partial charge in [-0.15, -0.1) is 6.58 Å². The van der Waals surface area contributed by atoms with E-state index in [1.165, 1.54) is 4.68 Å². The summed E-state index contributed by atoms with van der Waals surface area (Å²) in [7, 11) is 0. The highest BCUT2D eigenvalue weighted by molar-refractivity contribution is 6.32. The molecule has 0 aliphatic rings. The second kappa shape index (κ2) is 7.29. The summed E-state index contributed by atoms with van der Waals surface area (Å²) in [6, 6.07) is 7.63. The van der Waals surface area contributed by atoms with Crippen LogP contribution in [0, 0.1) is 0 Å². The molecule has 1 aromatic carbocycles. The van der Waals surface area contributed by atoms with E-state index in [1.807, 2.05) is 24.3 Å². The molecule has 1 heterocycles. The quantitative estimate of drug-likeness (QED) is 0.829. The van der Waals surface area contributed by atoms with Crippen molar-refractivity contribution in [3.05, 3.63) is 69.1 Å². The molecule has 1 aromatic heterocycles. The van der Waals surface area contributed by atoms with E-state index < -0.39 is 0 Å². The lowest BCUT2D eigenvalue weighted by atomic mass is 10.1. The minimum absolute atomic E-state index is 0.142. The molecule has 0 saturated heterocycles. The van der Waals surface area contributed by atoms with Crippen LogP contribution in [0.4, 0.5) is 5.69 Å². The van der Waals surface area contributed by atoms with Crippen molar-refractivity contribution in [3.8, 4) is 0 Å². The van der Waals surface area contributed by atoms with Crippen molar-refractivity contribution in [2.75, 3.05) is 11.9 Å². The molecule has 1 N–H and O–H groups in total. The summed E-state index contributed by atoms with van der Waals surface area (Å²) in [6.45, 7) is 4.55. The molecular formula is C15H15Cl2N3O. The van der Waals surface area contributed by atoms with Gasteiger partial charge in [-0.2, -0.15) is 5.10 Å². The van der Waals surface area contributed by atoms with Gasteiger partial charge in [0.1, 0.15) is 5.02 Å². The van der Waals surface area contributed by atoms with Crippen LogP contribution in [0.1, 0.15) is 5.56 Å². The number of nitrogens with one attached hydrogen (secondary N) is 1. The Labute approximate surface area is 133 Å². The highest BCUT2D eigenvalue weighted by Crippen LogP contribution is 2.15. The second-order valence-corrected chi connectivity index (χ2v) is 5.27. The molecule has 0 fully saturated rings. The van der Waals surface area contributed by atoms with Crippen LogP contribution in [0.5, 0.6) is 0 Å². The van der Waals surface area contributed by atoms with Gasteiger partial charge in [0, 0.05) is 11.6 Å². The van der Waals surface area contributed by atoms with Crippen LogP contribution >= 0.6 is 23.2 Å². The highest BCUT2D eigenvalue weighted by atomic mass is 35.5. The zero-order chi connectivity index (χ0) is 15.2. The van der Waals surface area contributed by atoms with Crippen molar-refractivity contribution >= 4 is 28.9 Å². The van der Waals surface area contributed by atoms with Crippen molar-refractivity contribution in [1.82, 2.24) is 9.78 Å². The molecule has 4 nitrogen and oxygen atoms in total. The Kier molecular flexibility index (Phi) is 5.42. The lowest BCUT2D eigenvalue weighted by molar-refractivity contribution is 0.653. The van der Waals surface area contributed by atoms with Crippen LogP contribution in [0.15, 0.2) is 47.9 Å². The number of halogens is 2. The lowest BCUT2D eigenvalue weighted by Crippen LogP contribution is -2.24. The largest absolute Gasteiger partial charge is 0.382 e. The molecule has 2 aromatic rings. The number of anilines is 1. The molecule has 21 heavy (non-hydrogen) atoms. The summed E-state index contributed by atoms with van der Waals surface area (Å²) in [5.41, 5.74) is 1.36. The smallest absolute Gasteiger partial charge is 0.287 e. The first kappa shape index (κ1) is 15.6. The number of hydrogen-bond donors (Lipinski definition) is 1. The summed E-state index contributed by atoms with van der Waals surface area (Å²) in [6.07, 6.45) is 3.94. The maximum atomic E-state index is 11.9. The van der Waals surface area contributed by atoms with Crippen molar-refractivity contribution in [2.45, 2.75) is 13.0 Å². The van der Waals surface area contributed by atoms with Crippen LogP contribution in [0.3, 0.4) is 0 Å². The van der Waals surface area contributed by atoms with Crippen molar-refractivity contribution < 1.29 is 0 Å². The van der Waals surface area contributed by atoms with E-state index in [-0.39, 0.29) is 10.6 Å². The van der Waals surface area contributed by atoms with Gasteiger partial charge in [0.15, 0.2) is 0 Å². The van der Waals surface area contributed by atoms with Crippen LogP contribution in [0.25, 0.3) is 0 Å². The maximum Gasteiger partial charge on any atom is 0.287 e. The van der Waals surface area contributed by atoms with Crippen LogP contribution in [-0.2, 0) is 13.0 Å². The average Bonchev–Trinajstić information content (AvgIpc) is 2.48. The first-order valence-electron chi connectivity index (χ1n) is 6.46. The SMILES string of the molecule is C=CCn1ncc(NCCc2ccc(Cl)cc2)c(Cl)c1=O. The maximum absolute atomic E-state index is 11.9. The minimum atomic E-state index is -0.326. The second-order valence-electron chi connectivity index (χ2n) is 4.45. The molecule has 0 saturated carbocycles. The van der Waals surface area contributed by atoms with Gasteiger partial charge in [0.2, 0.25) is 0 Å². The third-order valence-corrected chi connectivity index (χ3v) is 3.55. The third-order valence-electron chi connectivity index (χ3n) is 2.93. The van der Waals surface area contributed by atoms with E-state index in [2.05, 4.69) is 17.0 Å². The Morgan fingerprint density at radius 2 is 2.00 bits per heavy atom. The molecule has 0 aliphatic heterocycles. The number of rotatable bonds is 6. The van der Waals surface area contributed by atoms with E-state index in [1.54, 1.807) is 12.3 Å². The van der Waals surface area contributed by atoms with E-state index in [9.17, 15) is 4.79 Å². The summed E-state index contributed by atoms with van der Waals surface area (Å²) in [4.78, 5) is 11.9. The minimum Gasteiger partial charge on any atom is -0.382 e. The average molecular weight is 324 g/mol. The molecule has 0 atom stereocenters. The fourth-order valence-corrected chi connectivity index (χ4v) is 2.17. The van der Waals surface area contributed by atoms with E-state index in [4.69, 9.17) is 23.2 Å². The molecule has 0 spiro atoms. The molecule has 0 radical (unpaired) electrons. The first-order chi connectivity index (χ1) is 10.1. The Morgan fingerprint density at radius 3 is 2.67 bits per heavy atom. The summed E-state index contributed by atoms with van der Waals surface area (Å²) >= 11 is 11.9.